The van der Waals surface area contributed by atoms with Crippen LogP contribution in [-0.4, -0.2) is 19.7 Å². The van der Waals surface area contributed by atoms with Crippen LogP contribution in [0, 0.1) is 6.92 Å². The Balaban J connectivity index is 2.23. The monoisotopic (exact) mass is 248 g/mol. The van der Waals surface area contributed by atoms with Crippen LogP contribution in [0.4, 0.5) is 0 Å². The van der Waals surface area contributed by atoms with Crippen molar-refractivity contribution in [1.82, 2.24) is 19.7 Å². The lowest BCUT2D eigenvalue weighted by Crippen LogP contribution is -1.95. The Kier molecular flexibility index (Phi) is 2.00. The Morgan fingerprint density at radius 1 is 1.05 bits per heavy atom. The van der Waals surface area contributed by atoms with Gasteiger partial charge < -0.3 is 0 Å². The molecule has 1 N–H and O–H groups in total. The van der Waals surface area contributed by atoms with Gasteiger partial charge in [0.25, 0.3) is 0 Å². The number of rotatable bonds is 1. The fraction of sp³-hybridized carbons (Fsp3) is 0.0667. The van der Waals surface area contributed by atoms with E-state index < -0.39 is 0 Å². The predicted molar refractivity (Wildman–Crippen MR) is 75.5 cm³/mol. The number of H-pyrrole nitrogens is 1. The summed E-state index contributed by atoms with van der Waals surface area (Å²) < 4.78 is 2.09. The number of nitrogens with zero attached hydrogens (tertiary/aromatic N) is 3. The van der Waals surface area contributed by atoms with Gasteiger partial charge in [0.05, 0.1) is 5.52 Å². The van der Waals surface area contributed by atoms with Crippen molar-refractivity contribution in [2.45, 2.75) is 6.92 Å². The molecule has 3 aromatic heterocycles. The highest BCUT2D eigenvalue weighted by molar-refractivity contribution is 6.07. The lowest BCUT2D eigenvalue weighted by molar-refractivity contribution is 0.982. The van der Waals surface area contributed by atoms with Gasteiger partial charge in [-0.15, -0.1) is 0 Å². The molecule has 0 atom stereocenters. The topological polar surface area (TPSA) is 46.5 Å². The van der Waals surface area contributed by atoms with Crippen molar-refractivity contribution in [1.29, 1.82) is 0 Å². The molecule has 0 amide bonds. The fourth-order valence-electron chi connectivity index (χ4n) is 2.55. The number of fused-ring (bicyclic) bond motifs is 3. The summed E-state index contributed by atoms with van der Waals surface area (Å²) in [7, 11) is 0. The van der Waals surface area contributed by atoms with Crippen LogP contribution in [0.5, 0.6) is 0 Å². The molecule has 92 valence electrons. The Morgan fingerprint density at radius 2 is 1.89 bits per heavy atom. The molecular weight excluding hydrogens is 236 g/mol. The maximum absolute atomic E-state index is 4.51. The zero-order valence-electron chi connectivity index (χ0n) is 10.5. The van der Waals surface area contributed by atoms with E-state index in [1.807, 2.05) is 31.3 Å². The first-order valence-electron chi connectivity index (χ1n) is 6.21. The standard InChI is InChI=1S/C15H12N4/c1-10-9-14(18-17-10)19-13-7-3-2-5-11(13)12-6-4-8-16-15(12)19/h2-9H,1H3,(H,17,18). The van der Waals surface area contributed by atoms with E-state index in [-0.39, 0.29) is 0 Å². The molecule has 0 aliphatic carbocycles. The summed E-state index contributed by atoms with van der Waals surface area (Å²) in [5.74, 6) is 0.877. The summed E-state index contributed by atoms with van der Waals surface area (Å²) in [6.07, 6.45) is 1.82. The second kappa shape index (κ2) is 3.68. The van der Waals surface area contributed by atoms with Crippen LogP contribution in [0.3, 0.4) is 0 Å². The van der Waals surface area contributed by atoms with Gasteiger partial charge in [0.2, 0.25) is 0 Å². The molecule has 0 saturated heterocycles. The molecule has 4 nitrogen and oxygen atoms in total. The molecule has 0 saturated carbocycles. The van der Waals surface area contributed by atoms with E-state index in [0.29, 0.717) is 0 Å². The summed E-state index contributed by atoms with van der Waals surface area (Å²) in [4.78, 5) is 4.51. The van der Waals surface area contributed by atoms with Gasteiger partial charge in [0, 0.05) is 28.7 Å². The number of hydrogen-bond donors (Lipinski definition) is 1. The number of aryl methyl sites for hydroxylation is 1. The second-order valence-corrected chi connectivity index (χ2v) is 4.64. The minimum atomic E-state index is 0.877. The van der Waals surface area contributed by atoms with Crippen LogP contribution in [0.1, 0.15) is 5.69 Å². The highest BCUT2D eigenvalue weighted by atomic mass is 15.2. The van der Waals surface area contributed by atoms with Crippen molar-refractivity contribution in [3.05, 3.63) is 54.4 Å². The van der Waals surface area contributed by atoms with Gasteiger partial charge in [-0.25, -0.2) is 4.98 Å². The highest BCUT2D eigenvalue weighted by Crippen LogP contribution is 2.29. The smallest absolute Gasteiger partial charge is 0.160 e. The summed E-state index contributed by atoms with van der Waals surface area (Å²) in [6.45, 7) is 2.00. The molecule has 4 heteroatoms. The number of aromatic nitrogens is 4. The quantitative estimate of drug-likeness (QED) is 0.562. The van der Waals surface area contributed by atoms with Gasteiger partial charge in [-0.1, -0.05) is 18.2 Å². The molecule has 0 bridgehead atoms. The zero-order valence-corrected chi connectivity index (χ0v) is 10.5. The molecule has 1 aromatic carbocycles. The summed E-state index contributed by atoms with van der Waals surface area (Å²) >= 11 is 0. The summed E-state index contributed by atoms with van der Waals surface area (Å²) in [5.41, 5.74) is 3.11. The molecular formula is C15H12N4. The molecule has 4 aromatic rings. The largest absolute Gasteiger partial charge is 0.281 e. The van der Waals surface area contributed by atoms with E-state index >= 15 is 0 Å². The van der Waals surface area contributed by atoms with Crippen LogP contribution in [-0.2, 0) is 0 Å². The van der Waals surface area contributed by atoms with Crippen LogP contribution in [0.25, 0.3) is 27.8 Å². The first-order valence-corrected chi connectivity index (χ1v) is 6.21. The first-order chi connectivity index (χ1) is 9.34. The average molecular weight is 248 g/mol. The number of hydrogen-bond acceptors (Lipinski definition) is 2. The minimum Gasteiger partial charge on any atom is -0.281 e. The molecule has 0 fully saturated rings. The molecule has 3 heterocycles. The number of para-hydroxylation sites is 1. The molecule has 0 aliphatic rings. The van der Waals surface area contributed by atoms with Crippen molar-refractivity contribution < 1.29 is 0 Å². The third kappa shape index (κ3) is 1.40. The number of aromatic amines is 1. The van der Waals surface area contributed by atoms with Crippen molar-refractivity contribution in [3.63, 3.8) is 0 Å². The molecule has 0 aliphatic heterocycles. The average Bonchev–Trinajstić information content (AvgIpc) is 3.00. The van der Waals surface area contributed by atoms with Gasteiger partial charge >= 0.3 is 0 Å². The molecule has 0 radical (unpaired) electrons. The number of benzene rings is 1. The van der Waals surface area contributed by atoms with Gasteiger partial charge in [0.1, 0.15) is 5.65 Å². The minimum absolute atomic E-state index is 0.877. The summed E-state index contributed by atoms with van der Waals surface area (Å²) in [6, 6.07) is 14.4. The lowest BCUT2D eigenvalue weighted by Gasteiger charge is -2.01. The lowest BCUT2D eigenvalue weighted by atomic mass is 10.2. The normalized spacial score (nSPS) is 11.4. The fourth-order valence-corrected chi connectivity index (χ4v) is 2.55. The Bertz CT molecular complexity index is 832. The predicted octanol–water partition coefficient (Wildman–Crippen LogP) is 3.21. The number of pyridine rings is 1. The molecule has 4 rings (SSSR count). The van der Waals surface area contributed by atoms with Crippen LogP contribution in [0.15, 0.2) is 48.7 Å². The van der Waals surface area contributed by atoms with Gasteiger partial charge in [0.15, 0.2) is 5.82 Å². The van der Waals surface area contributed by atoms with E-state index in [1.54, 1.807) is 0 Å². The van der Waals surface area contributed by atoms with E-state index in [2.05, 4.69) is 44.0 Å². The Labute approximate surface area is 109 Å². The molecule has 0 spiro atoms. The first kappa shape index (κ1) is 10.3. The maximum Gasteiger partial charge on any atom is 0.160 e. The van der Waals surface area contributed by atoms with Crippen molar-refractivity contribution in [2.75, 3.05) is 0 Å². The second-order valence-electron chi connectivity index (χ2n) is 4.64. The van der Waals surface area contributed by atoms with E-state index in [1.165, 1.54) is 5.39 Å². The third-order valence-electron chi connectivity index (χ3n) is 3.36. The summed E-state index contributed by atoms with van der Waals surface area (Å²) in [5, 5.41) is 9.70. The Morgan fingerprint density at radius 3 is 2.74 bits per heavy atom. The Hall–Kier alpha value is -2.62. The maximum atomic E-state index is 4.51. The van der Waals surface area contributed by atoms with E-state index in [9.17, 15) is 0 Å². The van der Waals surface area contributed by atoms with Gasteiger partial charge in [-0.05, 0) is 25.1 Å². The van der Waals surface area contributed by atoms with Crippen LogP contribution < -0.4 is 0 Å². The van der Waals surface area contributed by atoms with Crippen LogP contribution in [0.2, 0.25) is 0 Å². The SMILES string of the molecule is Cc1cc(-n2c3ccccc3c3cccnc32)n[nH]1. The molecule has 0 unspecified atom stereocenters. The highest BCUT2D eigenvalue weighted by Gasteiger charge is 2.13. The third-order valence-corrected chi connectivity index (χ3v) is 3.36. The number of nitrogens with one attached hydrogen (secondary N) is 1. The van der Waals surface area contributed by atoms with Crippen molar-refractivity contribution in [3.8, 4) is 5.82 Å². The molecule has 19 heavy (non-hydrogen) atoms. The van der Waals surface area contributed by atoms with Crippen molar-refractivity contribution in [2.24, 2.45) is 0 Å². The zero-order chi connectivity index (χ0) is 12.8. The van der Waals surface area contributed by atoms with E-state index in [0.717, 1.165) is 28.1 Å². The van der Waals surface area contributed by atoms with Gasteiger partial charge in [-0.3, -0.25) is 9.67 Å². The van der Waals surface area contributed by atoms with E-state index in [4.69, 9.17) is 0 Å². The van der Waals surface area contributed by atoms with Crippen LogP contribution >= 0.6 is 0 Å². The van der Waals surface area contributed by atoms with Gasteiger partial charge in [-0.2, -0.15) is 5.10 Å². The van der Waals surface area contributed by atoms with Crippen molar-refractivity contribution >= 4 is 21.9 Å².